The van der Waals surface area contributed by atoms with Gasteiger partial charge in [-0.1, -0.05) is 44.7 Å². The number of hydrogen-bond acceptors (Lipinski definition) is 5. The molecule has 1 amide bonds. The summed E-state index contributed by atoms with van der Waals surface area (Å²) in [6, 6.07) is 1.91. The molecule has 168 valence electrons. The number of hydrogen-bond donors (Lipinski definition) is 2. The van der Waals surface area contributed by atoms with Crippen LogP contribution in [0.4, 0.5) is 11.6 Å². The summed E-state index contributed by atoms with van der Waals surface area (Å²) in [5, 5.41) is 10.6. The maximum absolute atomic E-state index is 12.3. The minimum atomic E-state index is -0.0319. The fourth-order valence-electron chi connectivity index (χ4n) is 3.43. The third kappa shape index (κ3) is 5.29. The number of amides is 1. The molecule has 0 aliphatic carbocycles. The lowest BCUT2D eigenvalue weighted by atomic mass is 9.99. The Morgan fingerprint density at radius 1 is 1.25 bits per heavy atom. The maximum Gasteiger partial charge on any atom is 0.212 e. The Balaban J connectivity index is 2.77. The van der Waals surface area contributed by atoms with Crippen LogP contribution in [0.2, 0.25) is 0 Å². The Morgan fingerprint density at radius 2 is 1.97 bits per heavy atom. The molecule has 2 aromatic heterocycles. The van der Waals surface area contributed by atoms with Crippen LogP contribution >= 0.6 is 0 Å². The van der Waals surface area contributed by atoms with Crippen molar-refractivity contribution < 1.29 is 9.59 Å². The molecule has 0 bridgehead atoms. The fraction of sp³-hybridized carbons (Fsp3) is 0.280. The van der Waals surface area contributed by atoms with Crippen LogP contribution in [0, 0.1) is 6.92 Å². The van der Waals surface area contributed by atoms with Crippen molar-refractivity contribution in [1.29, 1.82) is 0 Å². The molecule has 0 unspecified atom stereocenters. The van der Waals surface area contributed by atoms with Gasteiger partial charge in [0, 0.05) is 35.5 Å². The van der Waals surface area contributed by atoms with Crippen molar-refractivity contribution in [2.45, 2.75) is 40.5 Å². The number of anilines is 2. The number of Topliss-reactive ketones (excluding diaryl/α,β-unsaturated/α-hetero) is 1. The van der Waals surface area contributed by atoms with E-state index in [1.807, 2.05) is 51.1 Å². The van der Waals surface area contributed by atoms with Gasteiger partial charge in [-0.25, -0.2) is 9.67 Å². The highest BCUT2D eigenvalue weighted by Crippen LogP contribution is 2.33. The van der Waals surface area contributed by atoms with Crippen molar-refractivity contribution in [3.05, 3.63) is 60.3 Å². The van der Waals surface area contributed by atoms with E-state index in [-0.39, 0.29) is 5.78 Å². The van der Waals surface area contributed by atoms with E-state index >= 15 is 0 Å². The first-order valence-corrected chi connectivity index (χ1v) is 10.6. The molecule has 32 heavy (non-hydrogen) atoms. The number of carbonyl (C=O) groups excluding carboxylic acids is 2. The van der Waals surface area contributed by atoms with Gasteiger partial charge < -0.3 is 10.6 Å². The van der Waals surface area contributed by atoms with Crippen LogP contribution in [0.25, 0.3) is 22.5 Å². The van der Waals surface area contributed by atoms with Gasteiger partial charge in [-0.2, -0.15) is 5.10 Å². The van der Waals surface area contributed by atoms with Crippen molar-refractivity contribution in [3.63, 3.8) is 0 Å². The molecule has 2 heterocycles. The first-order chi connectivity index (χ1) is 15.4. The van der Waals surface area contributed by atoms with E-state index in [2.05, 4.69) is 22.2 Å². The Morgan fingerprint density at radius 3 is 2.53 bits per heavy atom. The highest BCUT2D eigenvalue weighted by Gasteiger charge is 2.20. The number of aromatic nitrogens is 3. The summed E-state index contributed by atoms with van der Waals surface area (Å²) >= 11 is 0. The van der Waals surface area contributed by atoms with Gasteiger partial charge in [-0.05, 0) is 38.8 Å². The van der Waals surface area contributed by atoms with Crippen LogP contribution in [0.3, 0.4) is 0 Å². The first kappa shape index (κ1) is 24.5. The van der Waals surface area contributed by atoms with Crippen LogP contribution in [0.1, 0.15) is 44.7 Å². The predicted octanol–water partition coefficient (Wildman–Crippen LogP) is 5.24. The maximum atomic E-state index is 12.3. The summed E-state index contributed by atoms with van der Waals surface area (Å²) in [7, 11) is 1.77. The van der Waals surface area contributed by atoms with E-state index in [0.717, 1.165) is 29.7 Å². The van der Waals surface area contributed by atoms with Crippen LogP contribution in [-0.4, -0.2) is 34.0 Å². The summed E-state index contributed by atoms with van der Waals surface area (Å²) < 4.78 is 1.70. The molecular formula is C25H31N5O2. The molecule has 0 atom stereocenters. The van der Waals surface area contributed by atoms with Gasteiger partial charge in [-0.15, -0.1) is 0 Å². The lowest BCUT2D eigenvalue weighted by molar-refractivity contribution is -0.111. The second kappa shape index (κ2) is 11.6. The number of nitrogens with zero attached hydrogens (tertiary/aromatic N) is 3. The number of carbonyl (C=O) groups is 2. The average molecular weight is 434 g/mol. The zero-order valence-corrected chi connectivity index (χ0v) is 19.4. The minimum Gasteiger partial charge on any atom is -0.373 e. The highest BCUT2D eigenvalue weighted by atomic mass is 16.1. The molecule has 2 rings (SSSR count). The van der Waals surface area contributed by atoms with E-state index in [1.165, 1.54) is 0 Å². The molecule has 0 radical (unpaired) electrons. The molecule has 0 aliphatic heterocycles. The summed E-state index contributed by atoms with van der Waals surface area (Å²) in [6.07, 6.45) is 13.2. The first-order valence-electron chi connectivity index (χ1n) is 10.6. The Hall–Kier alpha value is -3.74. The SMILES string of the molecule is C=C/C=C\C(=C/CC)n1nc(-c2cnc(NC)c(/C(=C/CC)C(C)=O)c2)c(C)c1NC=O. The molecule has 0 fully saturated rings. The minimum absolute atomic E-state index is 0.0319. The molecule has 2 N–H and O–H groups in total. The van der Waals surface area contributed by atoms with Gasteiger partial charge in [0.05, 0.1) is 11.4 Å². The molecule has 2 aromatic rings. The van der Waals surface area contributed by atoms with Crippen molar-refractivity contribution >= 4 is 35.1 Å². The van der Waals surface area contributed by atoms with E-state index in [9.17, 15) is 9.59 Å². The van der Waals surface area contributed by atoms with Gasteiger partial charge in [0.15, 0.2) is 5.78 Å². The molecule has 0 aromatic carbocycles. The van der Waals surface area contributed by atoms with Gasteiger partial charge in [0.2, 0.25) is 6.41 Å². The van der Waals surface area contributed by atoms with E-state index < -0.39 is 0 Å². The lowest BCUT2D eigenvalue weighted by Gasteiger charge is -2.12. The number of nitrogens with one attached hydrogen (secondary N) is 2. The van der Waals surface area contributed by atoms with Crippen LogP contribution in [0.5, 0.6) is 0 Å². The third-order valence-electron chi connectivity index (χ3n) is 4.85. The Labute approximate surface area is 189 Å². The average Bonchev–Trinajstić information content (AvgIpc) is 3.10. The zero-order valence-electron chi connectivity index (χ0n) is 19.4. The molecular weight excluding hydrogens is 402 g/mol. The molecule has 0 saturated carbocycles. The van der Waals surface area contributed by atoms with Gasteiger partial charge in [0.25, 0.3) is 0 Å². The molecule has 0 aliphatic rings. The molecule has 7 heteroatoms. The lowest BCUT2D eigenvalue weighted by Crippen LogP contribution is -2.06. The Bertz CT molecular complexity index is 1090. The summed E-state index contributed by atoms with van der Waals surface area (Å²) in [4.78, 5) is 28.2. The van der Waals surface area contributed by atoms with E-state index in [1.54, 1.807) is 30.9 Å². The van der Waals surface area contributed by atoms with Gasteiger partial charge in [0.1, 0.15) is 11.6 Å². The summed E-state index contributed by atoms with van der Waals surface area (Å²) in [5.74, 6) is 1.15. The number of rotatable bonds is 11. The smallest absolute Gasteiger partial charge is 0.212 e. The fourth-order valence-corrected chi connectivity index (χ4v) is 3.43. The third-order valence-corrected chi connectivity index (χ3v) is 4.85. The highest BCUT2D eigenvalue weighted by molar-refractivity contribution is 6.21. The van der Waals surface area contributed by atoms with Crippen LogP contribution in [-0.2, 0) is 9.59 Å². The van der Waals surface area contributed by atoms with E-state index in [4.69, 9.17) is 5.10 Å². The normalized spacial score (nSPS) is 12.2. The summed E-state index contributed by atoms with van der Waals surface area (Å²) in [6.45, 7) is 11.2. The zero-order chi connectivity index (χ0) is 23.7. The largest absolute Gasteiger partial charge is 0.373 e. The standard InChI is InChI=1S/C25H31N5O2/c1-7-10-13-20(11-8-2)30-25(28-16-31)17(4)23(29-30)19-14-22(24(26-6)27-15-19)21(12-9-3)18(5)32/h7,10-16H,1,8-9H2,2-6H3,(H,26,27)(H,28,31)/b13-10-,20-11+,21-12+. The number of ketones is 1. The topological polar surface area (TPSA) is 88.9 Å². The van der Waals surface area contributed by atoms with Gasteiger partial charge in [-0.3, -0.25) is 9.59 Å². The Kier molecular flexibility index (Phi) is 8.89. The van der Waals surface area contributed by atoms with Crippen LogP contribution in [0.15, 0.2) is 49.2 Å². The van der Waals surface area contributed by atoms with Crippen molar-refractivity contribution in [3.8, 4) is 11.3 Å². The second-order valence-corrected chi connectivity index (χ2v) is 7.08. The van der Waals surface area contributed by atoms with Crippen molar-refractivity contribution in [1.82, 2.24) is 14.8 Å². The number of allylic oxidation sites excluding steroid dienone is 7. The van der Waals surface area contributed by atoms with Crippen molar-refractivity contribution in [2.24, 2.45) is 0 Å². The second-order valence-electron chi connectivity index (χ2n) is 7.08. The molecule has 0 spiro atoms. The van der Waals surface area contributed by atoms with Crippen molar-refractivity contribution in [2.75, 3.05) is 17.7 Å². The molecule has 7 nitrogen and oxygen atoms in total. The molecule has 0 saturated heterocycles. The van der Waals surface area contributed by atoms with E-state index in [0.29, 0.717) is 34.9 Å². The monoisotopic (exact) mass is 433 g/mol. The van der Waals surface area contributed by atoms with Gasteiger partial charge >= 0.3 is 0 Å². The number of pyridine rings is 1. The predicted molar refractivity (Wildman–Crippen MR) is 132 cm³/mol. The van der Waals surface area contributed by atoms with Crippen LogP contribution < -0.4 is 10.6 Å². The summed E-state index contributed by atoms with van der Waals surface area (Å²) in [5.41, 5.74) is 4.33. The quantitative estimate of drug-likeness (QED) is 0.287.